The van der Waals surface area contributed by atoms with Crippen LogP contribution in [0.25, 0.3) is 5.52 Å². The molecular formula is C22H24FN7. The van der Waals surface area contributed by atoms with E-state index < -0.39 is 5.82 Å². The predicted octanol–water partition coefficient (Wildman–Crippen LogP) is 2.66. The highest BCUT2D eigenvalue weighted by atomic mass is 19.1. The SMILES string of the molecule is CCC1CN(c2ccc(C#N)n3ncc(F)c23)Cc2ccc(N3CCNCC3)nc21. The fourth-order valence-corrected chi connectivity index (χ4v) is 4.57. The summed E-state index contributed by atoms with van der Waals surface area (Å²) < 4.78 is 16.0. The number of rotatable bonds is 3. The van der Waals surface area contributed by atoms with Crippen molar-refractivity contribution in [2.45, 2.75) is 25.8 Å². The summed E-state index contributed by atoms with van der Waals surface area (Å²) in [4.78, 5) is 9.57. The standard InChI is InChI=1S/C22H24FN7/c1-2-15-13-29(19-5-4-17(11-24)30-22(19)18(23)12-26-30)14-16-3-6-20(27-21(15)16)28-9-7-25-8-10-28/h3-6,12,15,25H,2,7-10,13-14H2,1H3. The number of aromatic nitrogens is 3. The monoisotopic (exact) mass is 405 g/mol. The van der Waals surface area contributed by atoms with Gasteiger partial charge in [0.25, 0.3) is 0 Å². The van der Waals surface area contributed by atoms with Crippen LogP contribution in [0.4, 0.5) is 15.9 Å². The molecule has 5 rings (SSSR count). The van der Waals surface area contributed by atoms with Gasteiger partial charge in [0.2, 0.25) is 0 Å². The highest BCUT2D eigenvalue weighted by Gasteiger charge is 2.29. The van der Waals surface area contributed by atoms with E-state index in [-0.39, 0.29) is 5.92 Å². The molecule has 1 atom stereocenters. The molecule has 0 aromatic carbocycles. The van der Waals surface area contributed by atoms with Gasteiger partial charge in [0.05, 0.1) is 17.6 Å². The molecule has 154 valence electrons. The number of piperazine rings is 1. The van der Waals surface area contributed by atoms with Crippen LogP contribution in [0.3, 0.4) is 0 Å². The largest absolute Gasteiger partial charge is 0.365 e. The topological polar surface area (TPSA) is 72.5 Å². The molecule has 1 saturated heterocycles. The number of fused-ring (bicyclic) bond motifs is 2. The minimum Gasteiger partial charge on any atom is -0.365 e. The quantitative estimate of drug-likeness (QED) is 0.722. The fourth-order valence-electron chi connectivity index (χ4n) is 4.57. The van der Waals surface area contributed by atoms with Crippen LogP contribution >= 0.6 is 0 Å². The van der Waals surface area contributed by atoms with Gasteiger partial charge in [-0.3, -0.25) is 0 Å². The van der Waals surface area contributed by atoms with Crippen molar-refractivity contribution in [3.63, 3.8) is 0 Å². The maximum atomic E-state index is 14.6. The van der Waals surface area contributed by atoms with Gasteiger partial charge in [0, 0.05) is 45.2 Å². The maximum Gasteiger partial charge on any atom is 0.171 e. The Kier molecular flexibility index (Phi) is 4.75. The van der Waals surface area contributed by atoms with Crippen molar-refractivity contribution in [1.82, 2.24) is 19.9 Å². The van der Waals surface area contributed by atoms with Gasteiger partial charge in [0.15, 0.2) is 5.82 Å². The molecule has 0 radical (unpaired) electrons. The first-order chi connectivity index (χ1) is 14.7. The van der Waals surface area contributed by atoms with Gasteiger partial charge in [-0.05, 0) is 30.2 Å². The number of pyridine rings is 2. The van der Waals surface area contributed by atoms with Crippen molar-refractivity contribution < 1.29 is 4.39 Å². The first-order valence-electron chi connectivity index (χ1n) is 10.5. The van der Waals surface area contributed by atoms with Crippen LogP contribution in [0.5, 0.6) is 0 Å². The summed E-state index contributed by atoms with van der Waals surface area (Å²) in [5.41, 5.74) is 3.78. The van der Waals surface area contributed by atoms with E-state index in [0.29, 0.717) is 17.8 Å². The number of halogens is 1. The Morgan fingerprint density at radius 1 is 1.20 bits per heavy atom. The first-order valence-corrected chi connectivity index (χ1v) is 10.5. The molecule has 1 N–H and O–H groups in total. The Morgan fingerprint density at radius 2 is 2.03 bits per heavy atom. The van der Waals surface area contributed by atoms with E-state index in [1.165, 1.54) is 16.3 Å². The zero-order chi connectivity index (χ0) is 20.7. The third-order valence-corrected chi connectivity index (χ3v) is 6.17. The number of nitriles is 1. The molecule has 1 fully saturated rings. The Bertz CT molecular complexity index is 1130. The van der Waals surface area contributed by atoms with Gasteiger partial charge in [-0.15, -0.1) is 0 Å². The zero-order valence-electron chi connectivity index (χ0n) is 17.0. The van der Waals surface area contributed by atoms with E-state index in [1.807, 2.05) is 6.07 Å². The second-order valence-corrected chi connectivity index (χ2v) is 7.91. The van der Waals surface area contributed by atoms with E-state index in [4.69, 9.17) is 4.98 Å². The van der Waals surface area contributed by atoms with Crippen molar-refractivity contribution in [2.24, 2.45) is 0 Å². The molecule has 8 heteroatoms. The van der Waals surface area contributed by atoms with E-state index >= 15 is 0 Å². The van der Waals surface area contributed by atoms with E-state index in [2.05, 4.69) is 45.3 Å². The minimum atomic E-state index is -0.409. The molecule has 2 aliphatic rings. The van der Waals surface area contributed by atoms with Crippen LogP contribution in [-0.2, 0) is 6.54 Å². The van der Waals surface area contributed by atoms with Gasteiger partial charge >= 0.3 is 0 Å². The van der Waals surface area contributed by atoms with Crippen LogP contribution < -0.4 is 15.1 Å². The van der Waals surface area contributed by atoms with Crippen molar-refractivity contribution >= 4 is 17.0 Å². The lowest BCUT2D eigenvalue weighted by Gasteiger charge is -2.36. The Balaban J connectivity index is 1.52. The van der Waals surface area contributed by atoms with Crippen molar-refractivity contribution in [3.8, 4) is 6.07 Å². The lowest BCUT2D eigenvalue weighted by Crippen LogP contribution is -2.44. The minimum absolute atomic E-state index is 0.262. The smallest absolute Gasteiger partial charge is 0.171 e. The molecule has 0 bridgehead atoms. The highest BCUT2D eigenvalue weighted by Crippen LogP contribution is 2.36. The summed E-state index contributed by atoms with van der Waals surface area (Å²) in [7, 11) is 0. The Hall–Kier alpha value is -3.18. The lowest BCUT2D eigenvalue weighted by atomic mass is 9.92. The van der Waals surface area contributed by atoms with Gasteiger partial charge in [-0.2, -0.15) is 10.4 Å². The van der Waals surface area contributed by atoms with Crippen LogP contribution in [0.15, 0.2) is 30.5 Å². The second-order valence-electron chi connectivity index (χ2n) is 7.91. The molecule has 0 saturated carbocycles. The van der Waals surface area contributed by atoms with Crippen LogP contribution in [0.2, 0.25) is 0 Å². The summed E-state index contributed by atoms with van der Waals surface area (Å²) in [5, 5.41) is 16.8. The summed E-state index contributed by atoms with van der Waals surface area (Å²) in [5.74, 6) is 0.899. The van der Waals surface area contributed by atoms with Crippen LogP contribution in [0.1, 0.15) is 36.2 Å². The third-order valence-electron chi connectivity index (χ3n) is 6.17. The van der Waals surface area contributed by atoms with E-state index in [0.717, 1.165) is 56.3 Å². The summed E-state index contributed by atoms with van der Waals surface area (Å²) in [6.07, 6.45) is 2.13. The molecule has 1 unspecified atom stereocenters. The molecular weight excluding hydrogens is 381 g/mol. The maximum absolute atomic E-state index is 14.6. The Labute approximate surface area is 174 Å². The predicted molar refractivity (Wildman–Crippen MR) is 113 cm³/mol. The zero-order valence-corrected chi connectivity index (χ0v) is 17.0. The number of nitrogens with zero attached hydrogens (tertiary/aromatic N) is 6. The van der Waals surface area contributed by atoms with E-state index in [1.54, 1.807) is 6.07 Å². The van der Waals surface area contributed by atoms with Gasteiger partial charge in [0.1, 0.15) is 23.1 Å². The number of hydrogen-bond acceptors (Lipinski definition) is 6. The first kappa shape index (κ1) is 18.8. The normalized spacial score (nSPS) is 19.0. The Morgan fingerprint density at radius 3 is 2.80 bits per heavy atom. The molecule has 5 heterocycles. The van der Waals surface area contributed by atoms with Gasteiger partial charge in [-0.25, -0.2) is 13.9 Å². The lowest BCUT2D eigenvalue weighted by molar-refractivity contribution is 0.558. The molecule has 3 aromatic rings. The summed E-state index contributed by atoms with van der Waals surface area (Å²) in [6, 6.07) is 9.89. The molecule has 30 heavy (non-hydrogen) atoms. The van der Waals surface area contributed by atoms with Crippen LogP contribution in [0, 0.1) is 17.1 Å². The van der Waals surface area contributed by atoms with Crippen molar-refractivity contribution in [1.29, 1.82) is 5.26 Å². The molecule has 7 nitrogen and oxygen atoms in total. The fraction of sp³-hybridized carbons (Fsp3) is 0.409. The summed E-state index contributed by atoms with van der Waals surface area (Å²) >= 11 is 0. The average Bonchev–Trinajstić information content (AvgIpc) is 3.19. The van der Waals surface area contributed by atoms with Gasteiger partial charge < -0.3 is 15.1 Å². The number of anilines is 2. The highest BCUT2D eigenvalue weighted by molar-refractivity contribution is 5.75. The van der Waals surface area contributed by atoms with Crippen molar-refractivity contribution in [3.05, 3.63) is 53.2 Å². The third kappa shape index (κ3) is 3.06. The summed E-state index contributed by atoms with van der Waals surface area (Å²) in [6.45, 7) is 7.49. The molecule has 2 aliphatic heterocycles. The molecule has 0 aliphatic carbocycles. The molecule has 0 spiro atoms. The average molecular weight is 405 g/mol. The number of hydrogen-bond donors (Lipinski definition) is 1. The van der Waals surface area contributed by atoms with Crippen molar-refractivity contribution in [2.75, 3.05) is 42.5 Å². The van der Waals surface area contributed by atoms with Crippen LogP contribution in [-0.4, -0.2) is 47.3 Å². The second kappa shape index (κ2) is 7.58. The van der Waals surface area contributed by atoms with Gasteiger partial charge in [-0.1, -0.05) is 13.0 Å². The molecule has 0 amide bonds. The number of nitrogens with one attached hydrogen (secondary N) is 1. The molecule has 3 aromatic heterocycles. The van der Waals surface area contributed by atoms with E-state index in [9.17, 15) is 9.65 Å².